The highest BCUT2D eigenvalue weighted by Gasteiger charge is 2.22. The van der Waals surface area contributed by atoms with Gasteiger partial charge in [0.15, 0.2) is 5.76 Å². The highest BCUT2D eigenvalue weighted by Crippen LogP contribution is 2.30. The molecule has 0 N–H and O–H groups in total. The SMILES string of the molecule is Cc1c(C(=O)c2ccc(Br)cc2F)oc2ccc(Br)cc12. The van der Waals surface area contributed by atoms with Crippen LogP contribution in [0.3, 0.4) is 0 Å². The number of carbonyl (C=O) groups excluding carboxylic acids is 1. The molecule has 0 atom stereocenters. The summed E-state index contributed by atoms with van der Waals surface area (Å²) >= 11 is 6.56. The Morgan fingerprint density at radius 2 is 1.76 bits per heavy atom. The number of rotatable bonds is 2. The van der Waals surface area contributed by atoms with Gasteiger partial charge in [-0.1, -0.05) is 31.9 Å². The molecule has 2 nitrogen and oxygen atoms in total. The van der Waals surface area contributed by atoms with E-state index >= 15 is 0 Å². The minimum absolute atomic E-state index is 0.000535. The monoisotopic (exact) mass is 410 g/mol. The highest BCUT2D eigenvalue weighted by molar-refractivity contribution is 9.10. The maximum Gasteiger partial charge on any atom is 0.231 e. The van der Waals surface area contributed by atoms with E-state index in [4.69, 9.17) is 4.42 Å². The maximum absolute atomic E-state index is 13.9. The first kappa shape index (κ1) is 14.5. The van der Waals surface area contributed by atoms with Crippen LogP contribution in [-0.4, -0.2) is 5.78 Å². The molecule has 1 heterocycles. The summed E-state index contributed by atoms with van der Waals surface area (Å²) in [6.45, 7) is 1.79. The standard InChI is InChI=1S/C16H9Br2FO2/c1-8-12-6-9(17)3-5-14(12)21-16(8)15(20)11-4-2-10(18)7-13(11)19/h2-7H,1H3. The summed E-state index contributed by atoms with van der Waals surface area (Å²) in [5, 5.41) is 0.838. The summed E-state index contributed by atoms with van der Waals surface area (Å²) in [6, 6.07) is 9.83. The Kier molecular flexibility index (Phi) is 3.71. The van der Waals surface area contributed by atoms with E-state index in [0.29, 0.717) is 15.6 Å². The van der Waals surface area contributed by atoms with Crippen LogP contribution in [-0.2, 0) is 0 Å². The molecule has 3 rings (SSSR count). The van der Waals surface area contributed by atoms with Gasteiger partial charge in [0, 0.05) is 19.9 Å². The average Bonchev–Trinajstić information content (AvgIpc) is 2.75. The molecule has 106 valence electrons. The van der Waals surface area contributed by atoms with Crippen molar-refractivity contribution in [2.75, 3.05) is 0 Å². The fraction of sp³-hybridized carbons (Fsp3) is 0.0625. The second-order valence-corrected chi connectivity index (χ2v) is 6.48. The van der Waals surface area contributed by atoms with Crippen LogP contribution in [0, 0.1) is 12.7 Å². The molecule has 0 aliphatic rings. The molecule has 0 spiro atoms. The summed E-state index contributed by atoms with van der Waals surface area (Å²) < 4.78 is 21.0. The van der Waals surface area contributed by atoms with Gasteiger partial charge >= 0.3 is 0 Å². The number of benzene rings is 2. The Bertz CT molecular complexity index is 868. The van der Waals surface area contributed by atoms with Gasteiger partial charge in [-0.25, -0.2) is 4.39 Å². The summed E-state index contributed by atoms with van der Waals surface area (Å²) in [7, 11) is 0. The molecule has 0 saturated heterocycles. The van der Waals surface area contributed by atoms with Gasteiger partial charge in [0.1, 0.15) is 11.4 Å². The molecule has 5 heteroatoms. The average molecular weight is 412 g/mol. The third-order valence-electron chi connectivity index (χ3n) is 3.28. The number of hydrogen-bond acceptors (Lipinski definition) is 2. The van der Waals surface area contributed by atoms with Crippen molar-refractivity contribution >= 4 is 48.6 Å². The van der Waals surface area contributed by atoms with E-state index in [0.717, 1.165) is 9.86 Å². The normalized spacial score (nSPS) is 11.0. The zero-order valence-corrected chi connectivity index (χ0v) is 14.1. The minimum Gasteiger partial charge on any atom is -0.452 e. The molecule has 3 aromatic rings. The lowest BCUT2D eigenvalue weighted by molar-refractivity contribution is 0.101. The zero-order valence-electron chi connectivity index (χ0n) is 10.9. The van der Waals surface area contributed by atoms with E-state index in [-0.39, 0.29) is 11.3 Å². The van der Waals surface area contributed by atoms with Crippen LogP contribution in [0.1, 0.15) is 21.7 Å². The van der Waals surface area contributed by atoms with Crippen molar-refractivity contribution in [3.8, 4) is 0 Å². The number of fused-ring (bicyclic) bond motifs is 1. The predicted octanol–water partition coefficient (Wildman–Crippen LogP) is 5.64. The predicted molar refractivity (Wildman–Crippen MR) is 86.2 cm³/mol. The van der Waals surface area contributed by atoms with Crippen LogP contribution < -0.4 is 0 Å². The lowest BCUT2D eigenvalue weighted by Crippen LogP contribution is -2.04. The molecule has 0 fully saturated rings. The van der Waals surface area contributed by atoms with Crippen molar-refractivity contribution in [1.82, 2.24) is 0 Å². The molecule has 1 aromatic heterocycles. The lowest BCUT2D eigenvalue weighted by Gasteiger charge is -2.01. The van der Waals surface area contributed by atoms with E-state index in [2.05, 4.69) is 31.9 Å². The molecule has 0 unspecified atom stereocenters. The van der Waals surface area contributed by atoms with Crippen molar-refractivity contribution in [3.05, 3.63) is 68.0 Å². The van der Waals surface area contributed by atoms with Crippen LogP contribution in [0.5, 0.6) is 0 Å². The topological polar surface area (TPSA) is 30.2 Å². The van der Waals surface area contributed by atoms with Crippen LogP contribution >= 0.6 is 31.9 Å². The number of hydrogen-bond donors (Lipinski definition) is 0. The Hall–Kier alpha value is -1.46. The van der Waals surface area contributed by atoms with Crippen molar-refractivity contribution in [2.45, 2.75) is 6.92 Å². The minimum atomic E-state index is -0.574. The molecule has 0 radical (unpaired) electrons. The first-order chi connectivity index (χ1) is 9.97. The summed E-state index contributed by atoms with van der Waals surface area (Å²) in [4.78, 5) is 12.5. The lowest BCUT2D eigenvalue weighted by atomic mass is 10.0. The summed E-state index contributed by atoms with van der Waals surface area (Å²) in [6.07, 6.45) is 0. The van der Waals surface area contributed by atoms with E-state index in [1.54, 1.807) is 19.1 Å². The van der Waals surface area contributed by atoms with E-state index < -0.39 is 11.6 Å². The van der Waals surface area contributed by atoms with Crippen LogP contribution in [0.4, 0.5) is 4.39 Å². The van der Waals surface area contributed by atoms with E-state index in [9.17, 15) is 9.18 Å². The van der Waals surface area contributed by atoms with Gasteiger partial charge in [-0.15, -0.1) is 0 Å². The van der Waals surface area contributed by atoms with Crippen LogP contribution in [0.15, 0.2) is 49.8 Å². The van der Waals surface area contributed by atoms with Gasteiger partial charge in [-0.05, 0) is 43.3 Å². The molecule has 0 bridgehead atoms. The molecule has 0 aliphatic heterocycles. The van der Waals surface area contributed by atoms with Crippen molar-refractivity contribution in [3.63, 3.8) is 0 Å². The number of furan rings is 1. The molecule has 0 aliphatic carbocycles. The second-order valence-electron chi connectivity index (χ2n) is 4.65. The number of carbonyl (C=O) groups is 1. The third kappa shape index (κ3) is 2.56. The molecule has 0 amide bonds. The summed E-state index contributed by atoms with van der Waals surface area (Å²) in [5.41, 5.74) is 1.31. The van der Waals surface area contributed by atoms with Gasteiger partial charge in [0.05, 0.1) is 5.56 Å². The Morgan fingerprint density at radius 1 is 1.10 bits per heavy atom. The quantitative estimate of drug-likeness (QED) is 0.511. The smallest absolute Gasteiger partial charge is 0.231 e. The number of halogens is 3. The van der Waals surface area contributed by atoms with Gasteiger partial charge in [0.25, 0.3) is 0 Å². The van der Waals surface area contributed by atoms with Crippen LogP contribution in [0.2, 0.25) is 0 Å². The third-order valence-corrected chi connectivity index (χ3v) is 4.27. The first-order valence-electron chi connectivity index (χ1n) is 6.16. The number of aryl methyl sites for hydroxylation is 1. The fourth-order valence-electron chi connectivity index (χ4n) is 2.21. The molecule has 21 heavy (non-hydrogen) atoms. The van der Waals surface area contributed by atoms with Gasteiger partial charge in [-0.2, -0.15) is 0 Å². The van der Waals surface area contributed by atoms with Crippen molar-refractivity contribution < 1.29 is 13.6 Å². The molecule has 0 saturated carbocycles. The molecule has 2 aromatic carbocycles. The highest BCUT2D eigenvalue weighted by atomic mass is 79.9. The zero-order chi connectivity index (χ0) is 15.1. The van der Waals surface area contributed by atoms with Gasteiger partial charge in [0.2, 0.25) is 5.78 Å². The Labute approximate surface area is 137 Å². The molecular formula is C16H9Br2FO2. The second kappa shape index (κ2) is 5.39. The van der Waals surface area contributed by atoms with Crippen molar-refractivity contribution in [2.24, 2.45) is 0 Å². The van der Waals surface area contributed by atoms with Crippen molar-refractivity contribution in [1.29, 1.82) is 0 Å². The van der Waals surface area contributed by atoms with Gasteiger partial charge in [-0.3, -0.25) is 4.79 Å². The first-order valence-corrected chi connectivity index (χ1v) is 7.74. The van der Waals surface area contributed by atoms with E-state index in [1.807, 2.05) is 12.1 Å². The number of ketones is 1. The Balaban J connectivity index is 2.15. The maximum atomic E-state index is 13.9. The Morgan fingerprint density at radius 3 is 2.48 bits per heavy atom. The van der Waals surface area contributed by atoms with Crippen LogP contribution in [0.25, 0.3) is 11.0 Å². The van der Waals surface area contributed by atoms with Gasteiger partial charge < -0.3 is 4.42 Å². The fourth-order valence-corrected chi connectivity index (χ4v) is 2.90. The molecular weight excluding hydrogens is 403 g/mol. The largest absolute Gasteiger partial charge is 0.452 e. The van der Waals surface area contributed by atoms with E-state index in [1.165, 1.54) is 12.1 Å². The summed E-state index contributed by atoms with van der Waals surface area (Å²) in [5.74, 6) is -0.857.